The molecule has 2 aromatic carbocycles. The summed E-state index contributed by atoms with van der Waals surface area (Å²) in [5.74, 6) is 0.739. The third kappa shape index (κ3) is 3.49. The fourth-order valence-electron chi connectivity index (χ4n) is 1.52. The number of halogens is 2. The van der Waals surface area contributed by atoms with Gasteiger partial charge >= 0.3 is 0 Å². The Bertz CT molecular complexity index is 629. The highest BCUT2D eigenvalue weighted by Gasteiger charge is 2.05. The van der Waals surface area contributed by atoms with Crippen LogP contribution >= 0.6 is 27.5 Å². The van der Waals surface area contributed by atoms with Gasteiger partial charge in [0.25, 0.3) is 0 Å². The van der Waals surface area contributed by atoms with Crippen LogP contribution in [0.5, 0.6) is 11.5 Å². The monoisotopic (exact) mass is 339 g/mol. The Balaban J connectivity index is 2.32. The van der Waals surface area contributed by atoms with Gasteiger partial charge in [0, 0.05) is 22.3 Å². The second kappa shape index (κ2) is 6.08. The number of hydrogen-bond donors (Lipinski definition) is 1. The highest BCUT2D eigenvalue weighted by atomic mass is 79.9. The van der Waals surface area contributed by atoms with Gasteiger partial charge in [-0.05, 0) is 24.3 Å². The topological polar surface area (TPSA) is 41.8 Å². The molecule has 0 aliphatic heterocycles. The molecule has 98 valence electrons. The van der Waals surface area contributed by atoms with Gasteiger partial charge in [-0.15, -0.1) is 0 Å². The van der Waals surface area contributed by atoms with Crippen LogP contribution in [0.25, 0.3) is 0 Å². The lowest BCUT2D eigenvalue weighted by Crippen LogP contribution is -1.84. The molecule has 0 radical (unpaired) electrons. The summed E-state index contributed by atoms with van der Waals surface area (Å²) < 4.78 is 5.90. The number of phenols is 1. The largest absolute Gasteiger partial charge is 0.506 e. The number of hydrogen-bond acceptors (Lipinski definition) is 3. The highest BCUT2D eigenvalue weighted by Crippen LogP contribution is 2.30. The van der Waals surface area contributed by atoms with Crippen molar-refractivity contribution in [1.82, 2.24) is 0 Å². The van der Waals surface area contributed by atoms with Gasteiger partial charge in [0.2, 0.25) is 0 Å². The van der Waals surface area contributed by atoms with Crippen LogP contribution < -0.4 is 4.74 Å². The molecule has 0 unspecified atom stereocenters. The molecule has 0 fully saturated rings. The van der Waals surface area contributed by atoms with Crippen molar-refractivity contribution < 1.29 is 9.84 Å². The Kier molecular flexibility index (Phi) is 4.45. The molecule has 3 nitrogen and oxygen atoms in total. The predicted molar refractivity (Wildman–Crippen MR) is 81.1 cm³/mol. The molecular formula is C14H11BrClNO2. The molecule has 0 aliphatic carbocycles. The first-order valence-electron chi connectivity index (χ1n) is 5.46. The van der Waals surface area contributed by atoms with Crippen molar-refractivity contribution in [1.29, 1.82) is 0 Å². The molecule has 0 spiro atoms. The van der Waals surface area contributed by atoms with Crippen molar-refractivity contribution in [2.24, 2.45) is 4.99 Å². The molecule has 2 aromatic rings. The van der Waals surface area contributed by atoms with Gasteiger partial charge in [-0.2, -0.15) is 0 Å². The first-order valence-corrected chi connectivity index (χ1v) is 6.63. The molecule has 2 rings (SSSR count). The lowest BCUT2D eigenvalue weighted by Gasteiger charge is -2.03. The summed E-state index contributed by atoms with van der Waals surface area (Å²) in [5.41, 5.74) is 1.28. The molecule has 0 amide bonds. The molecule has 0 bridgehead atoms. The lowest BCUT2D eigenvalue weighted by molar-refractivity contribution is 0.415. The molecule has 0 atom stereocenters. The maximum Gasteiger partial charge on any atom is 0.143 e. The quantitative estimate of drug-likeness (QED) is 0.832. The minimum absolute atomic E-state index is 0.0107. The van der Waals surface area contributed by atoms with Gasteiger partial charge < -0.3 is 9.84 Å². The van der Waals surface area contributed by atoms with E-state index in [-0.39, 0.29) is 10.8 Å². The summed E-state index contributed by atoms with van der Waals surface area (Å²) >= 11 is 9.21. The Hall–Kier alpha value is -1.52. The number of aliphatic imine (C=N–C) groups is 1. The third-order valence-corrected chi connectivity index (χ3v) is 3.21. The van der Waals surface area contributed by atoms with Gasteiger partial charge in [0.15, 0.2) is 0 Å². The number of rotatable bonds is 3. The van der Waals surface area contributed by atoms with E-state index >= 15 is 0 Å². The lowest BCUT2D eigenvalue weighted by atomic mass is 10.2. The van der Waals surface area contributed by atoms with E-state index in [1.54, 1.807) is 31.5 Å². The van der Waals surface area contributed by atoms with E-state index in [2.05, 4.69) is 20.9 Å². The molecular weight excluding hydrogens is 330 g/mol. The Labute approximate surface area is 124 Å². The van der Waals surface area contributed by atoms with Crippen molar-refractivity contribution >= 4 is 39.4 Å². The smallest absolute Gasteiger partial charge is 0.143 e. The molecule has 5 heteroatoms. The SMILES string of the molecule is COc1cccc(N=Cc2cc(Br)cc(Cl)c2O)c1. The molecule has 0 saturated carbocycles. The minimum Gasteiger partial charge on any atom is -0.506 e. The van der Waals surface area contributed by atoms with Crippen LogP contribution in [0.4, 0.5) is 5.69 Å². The van der Waals surface area contributed by atoms with E-state index in [1.807, 2.05) is 18.2 Å². The maximum atomic E-state index is 9.83. The van der Waals surface area contributed by atoms with E-state index in [9.17, 15) is 5.11 Å². The van der Waals surface area contributed by atoms with Gasteiger partial charge in [-0.3, -0.25) is 4.99 Å². The van der Waals surface area contributed by atoms with E-state index in [0.717, 1.165) is 15.9 Å². The van der Waals surface area contributed by atoms with Gasteiger partial charge in [0.05, 0.1) is 17.8 Å². The number of ether oxygens (including phenoxy) is 1. The number of nitrogens with zero attached hydrogens (tertiary/aromatic N) is 1. The van der Waals surface area contributed by atoms with Crippen molar-refractivity contribution in [3.63, 3.8) is 0 Å². The molecule has 0 heterocycles. The van der Waals surface area contributed by atoms with Crippen LogP contribution in [-0.4, -0.2) is 18.4 Å². The fraction of sp³-hybridized carbons (Fsp3) is 0.0714. The highest BCUT2D eigenvalue weighted by molar-refractivity contribution is 9.10. The molecule has 19 heavy (non-hydrogen) atoms. The number of phenolic OH excluding ortho intramolecular Hbond substituents is 1. The minimum atomic E-state index is 0.0107. The maximum absolute atomic E-state index is 9.83. The summed E-state index contributed by atoms with van der Waals surface area (Å²) in [6.07, 6.45) is 1.56. The molecule has 1 N–H and O–H groups in total. The van der Waals surface area contributed by atoms with Crippen molar-refractivity contribution in [3.8, 4) is 11.5 Å². The van der Waals surface area contributed by atoms with Crippen LogP contribution in [0.2, 0.25) is 5.02 Å². The van der Waals surface area contributed by atoms with E-state index in [0.29, 0.717) is 5.56 Å². The Morgan fingerprint density at radius 3 is 2.84 bits per heavy atom. The van der Waals surface area contributed by atoms with Crippen LogP contribution in [0.1, 0.15) is 5.56 Å². The van der Waals surface area contributed by atoms with Gasteiger partial charge in [0.1, 0.15) is 11.5 Å². The summed E-state index contributed by atoms with van der Waals surface area (Å²) in [6.45, 7) is 0. The number of benzene rings is 2. The van der Waals surface area contributed by atoms with Crippen molar-refractivity contribution in [2.45, 2.75) is 0 Å². The van der Waals surface area contributed by atoms with Crippen LogP contribution in [0.15, 0.2) is 45.9 Å². The summed E-state index contributed by atoms with van der Waals surface area (Å²) in [7, 11) is 1.60. The van der Waals surface area contributed by atoms with E-state index in [1.165, 1.54) is 0 Å². The normalized spacial score (nSPS) is 10.9. The van der Waals surface area contributed by atoms with E-state index < -0.39 is 0 Å². The number of methoxy groups -OCH3 is 1. The molecule has 0 saturated heterocycles. The second-order valence-corrected chi connectivity index (χ2v) is 5.11. The molecule has 0 aromatic heterocycles. The second-order valence-electron chi connectivity index (χ2n) is 3.79. The van der Waals surface area contributed by atoms with Crippen LogP contribution in [-0.2, 0) is 0 Å². The number of aromatic hydroxyl groups is 1. The standard InChI is InChI=1S/C14H11BrClNO2/c1-19-12-4-2-3-11(7-12)17-8-9-5-10(15)6-13(16)14(9)18/h2-8,18H,1H3. The predicted octanol–water partition coefficient (Wildman–Crippen LogP) is 4.57. The van der Waals surface area contributed by atoms with Gasteiger partial charge in [-0.25, -0.2) is 0 Å². The zero-order valence-corrected chi connectivity index (χ0v) is 12.4. The fourth-order valence-corrected chi connectivity index (χ4v) is 2.35. The molecule has 0 aliphatic rings. The average Bonchev–Trinajstić information content (AvgIpc) is 2.41. The van der Waals surface area contributed by atoms with E-state index in [4.69, 9.17) is 16.3 Å². The first-order chi connectivity index (χ1) is 9.10. The Morgan fingerprint density at radius 2 is 2.11 bits per heavy atom. The first kappa shape index (κ1) is 13.9. The third-order valence-electron chi connectivity index (χ3n) is 2.46. The van der Waals surface area contributed by atoms with Gasteiger partial charge in [-0.1, -0.05) is 33.6 Å². The zero-order chi connectivity index (χ0) is 13.8. The summed E-state index contributed by atoms with van der Waals surface area (Å²) in [5, 5.41) is 10.1. The van der Waals surface area contributed by atoms with Crippen LogP contribution in [0.3, 0.4) is 0 Å². The summed E-state index contributed by atoms with van der Waals surface area (Å²) in [6, 6.07) is 10.7. The van der Waals surface area contributed by atoms with Crippen LogP contribution in [0, 0.1) is 0 Å². The zero-order valence-electron chi connectivity index (χ0n) is 10.1. The summed E-state index contributed by atoms with van der Waals surface area (Å²) in [4.78, 5) is 4.28. The van der Waals surface area contributed by atoms with Crippen molar-refractivity contribution in [2.75, 3.05) is 7.11 Å². The average molecular weight is 341 g/mol. The van der Waals surface area contributed by atoms with Crippen molar-refractivity contribution in [3.05, 3.63) is 51.5 Å². The Morgan fingerprint density at radius 1 is 1.32 bits per heavy atom.